The van der Waals surface area contributed by atoms with Gasteiger partial charge >= 0.3 is 0 Å². The number of nitrogens with zero attached hydrogens (tertiary/aromatic N) is 2. The van der Waals surface area contributed by atoms with Gasteiger partial charge in [-0.3, -0.25) is 0 Å². The number of aromatic amines is 1. The average Bonchev–Trinajstić information content (AvgIpc) is 2.90. The van der Waals surface area contributed by atoms with Gasteiger partial charge in [-0.2, -0.15) is 0 Å². The normalized spacial score (nSPS) is 11.1. The number of H-pyrrole nitrogens is 1. The highest BCUT2D eigenvalue weighted by molar-refractivity contribution is 6.33. The summed E-state index contributed by atoms with van der Waals surface area (Å²) in [7, 11) is 2.02. The number of hydrogen-bond donors (Lipinski definition) is 2. The van der Waals surface area contributed by atoms with Crippen LogP contribution in [-0.2, 0) is 0 Å². The van der Waals surface area contributed by atoms with E-state index in [0.29, 0.717) is 11.6 Å². The number of anilines is 1. The van der Waals surface area contributed by atoms with Crippen molar-refractivity contribution in [1.29, 1.82) is 0 Å². The molecule has 0 aliphatic heterocycles. The van der Waals surface area contributed by atoms with E-state index >= 15 is 0 Å². The Morgan fingerprint density at radius 2 is 2.05 bits per heavy atom. The molecular formula is C17H19ClN4. The van der Waals surface area contributed by atoms with Gasteiger partial charge < -0.3 is 15.6 Å². The highest BCUT2D eigenvalue weighted by atomic mass is 35.5. The largest absolute Gasteiger partial charge is 0.373 e. The number of imidazole rings is 1. The lowest BCUT2D eigenvalue weighted by Gasteiger charge is -2.19. The molecule has 0 radical (unpaired) electrons. The highest BCUT2D eigenvalue weighted by Gasteiger charge is 2.11. The zero-order chi connectivity index (χ0) is 15.7. The van der Waals surface area contributed by atoms with Crippen molar-refractivity contribution in [3.05, 3.63) is 47.0 Å². The van der Waals surface area contributed by atoms with Crippen LogP contribution in [0, 0.1) is 6.92 Å². The molecule has 3 aromatic rings. The number of benzene rings is 2. The van der Waals surface area contributed by atoms with Gasteiger partial charge in [-0.15, -0.1) is 0 Å². The second kappa shape index (κ2) is 5.99. The minimum absolute atomic E-state index is 0.609. The lowest BCUT2D eigenvalue weighted by molar-refractivity contribution is 0.886. The summed E-state index contributed by atoms with van der Waals surface area (Å²) >= 11 is 6.37. The minimum Gasteiger partial charge on any atom is -0.373 e. The van der Waals surface area contributed by atoms with Crippen LogP contribution in [0.25, 0.3) is 22.4 Å². The van der Waals surface area contributed by atoms with Crippen molar-refractivity contribution in [3.63, 3.8) is 0 Å². The van der Waals surface area contributed by atoms with Gasteiger partial charge in [0.15, 0.2) is 0 Å². The Hall–Kier alpha value is -2.04. The van der Waals surface area contributed by atoms with Crippen LogP contribution in [0.5, 0.6) is 0 Å². The van der Waals surface area contributed by atoms with Crippen LogP contribution in [0.2, 0.25) is 5.02 Å². The van der Waals surface area contributed by atoms with E-state index in [0.717, 1.165) is 34.7 Å². The van der Waals surface area contributed by atoms with E-state index in [1.807, 2.05) is 31.3 Å². The predicted molar refractivity (Wildman–Crippen MR) is 93.6 cm³/mol. The Kier molecular flexibility index (Phi) is 4.05. The molecule has 0 amide bonds. The number of likely N-dealkylation sites (N-methyl/N-ethyl adjacent to an activating group) is 1. The average molecular weight is 315 g/mol. The first-order valence-corrected chi connectivity index (χ1v) is 7.64. The number of nitrogens with two attached hydrogens (primary N) is 1. The van der Waals surface area contributed by atoms with Crippen LogP contribution >= 0.6 is 11.6 Å². The van der Waals surface area contributed by atoms with Crippen LogP contribution in [0.3, 0.4) is 0 Å². The molecule has 0 spiro atoms. The van der Waals surface area contributed by atoms with E-state index in [1.54, 1.807) is 0 Å². The van der Waals surface area contributed by atoms with Gasteiger partial charge in [0, 0.05) is 31.4 Å². The highest BCUT2D eigenvalue weighted by Crippen LogP contribution is 2.31. The van der Waals surface area contributed by atoms with E-state index in [9.17, 15) is 0 Å². The van der Waals surface area contributed by atoms with E-state index < -0.39 is 0 Å². The number of rotatable bonds is 4. The summed E-state index contributed by atoms with van der Waals surface area (Å²) in [5.74, 6) is 0.786. The molecule has 4 nitrogen and oxygen atoms in total. The van der Waals surface area contributed by atoms with Crippen LogP contribution < -0.4 is 10.6 Å². The fourth-order valence-corrected chi connectivity index (χ4v) is 2.71. The van der Waals surface area contributed by atoms with E-state index in [1.165, 1.54) is 5.56 Å². The molecule has 5 heteroatoms. The number of halogens is 1. The van der Waals surface area contributed by atoms with Crippen molar-refractivity contribution in [1.82, 2.24) is 9.97 Å². The van der Waals surface area contributed by atoms with Crippen LogP contribution in [-0.4, -0.2) is 30.1 Å². The first-order valence-electron chi connectivity index (χ1n) is 7.26. The maximum Gasteiger partial charge on any atom is 0.140 e. The van der Waals surface area contributed by atoms with E-state index in [4.69, 9.17) is 17.3 Å². The maximum absolute atomic E-state index is 6.37. The Morgan fingerprint density at radius 1 is 1.23 bits per heavy atom. The molecule has 0 aliphatic carbocycles. The van der Waals surface area contributed by atoms with Gasteiger partial charge in [-0.1, -0.05) is 17.7 Å². The van der Waals surface area contributed by atoms with Gasteiger partial charge in [0.05, 0.1) is 16.1 Å². The van der Waals surface area contributed by atoms with Gasteiger partial charge in [-0.05, 0) is 42.8 Å². The number of nitrogens with one attached hydrogen (secondary N) is 1. The molecule has 114 valence electrons. The monoisotopic (exact) mass is 314 g/mol. The molecule has 0 saturated heterocycles. The lowest BCUT2D eigenvalue weighted by atomic mass is 10.1. The smallest absolute Gasteiger partial charge is 0.140 e. The summed E-state index contributed by atoms with van der Waals surface area (Å²) in [5.41, 5.74) is 10.8. The van der Waals surface area contributed by atoms with Gasteiger partial charge in [0.1, 0.15) is 5.82 Å². The van der Waals surface area contributed by atoms with Crippen molar-refractivity contribution in [2.75, 3.05) is 25.0 Å². The molecule has 0 fully saturated rings. The molecule has 1 aromatic heterocycles. The molecular weight excluding hydrogens is 296 g/mol. The summed E-state index contributed by atoms with van der Waals surface area (Å²) in [5, 5.41) is 0.681. The number of aryl methyl sites for hydroxylation is 1. The molecule has 3 rings (SSSR count). The van der Waals surface area contributed by atoms with Crippen molar-refractivity contribution < 1.29 is 0 Å². The number of hydrogen-bond acceptors (Lipinski definition) is 3. The van der Waals surface area contributed by atoms with Crippen molar-refractivity contribution in [2.24, 2.45) is 5.73 Å². The Morgan fingerprint density at radius 3 is 2.82 bits per heavy atom. The first-order chi connectivity index (χ1) is 10.6. The van der Waals surface area contributed by atoms with Crippen molar-refractivity contribution >= 4 is 28.3 Å². The second-order valence-corrected chi connectivity index (χ2v) is 5.89. The third kappa shape index (κ3) is 2.80. The van der Waals surface area contributed by atoms with Crippen molar-refractivity contribution in [3.8, 4) is 11.4 Å². The predicted octanol–water partition coefficient (Wildman–Crippen LogP) is 3.59. The Bertz CT molecular complexity index is 810. The first kappa shape index (κ1) is 14.9. The quantitative estimate of drug-likeness (QED) is 0.773. The molecule has 22 heavy (non-hydrogen) atoms. The summed E-state index contributed by atoms with van der Waals surface area (Å²) in [4.78, 5) is 10.1. The molecule has 3 N–H and O–H groups in total. The standard InChI is InChI=1S/C17H19ClN4/c1-11-3-6-15-16(9-11)21-17(20-15)13-10-12(4-5-14(13)18)22(2)8-7-19/h3-6,9-10H,7-8,19H2,1-2H3,(H,20,21). The summed E-state index contributed by atoms with van der Waals surface area (Å²) in [6, 6.07) is 12.1. The molecule has 0 aliphatic rings. The minimum atomic E-state index is 0.609. The van der Waals surface area contributed by atoms with Crippen LogP contribution in [0.4, 0.5) is 5.69 Å². The summed E-state index contributed by atoms with van der Waals surface area (Å²) < 4.78 is 0. The number of aromatic nitrogens is 2. The van der Waals surface area contributed by atoms with Crippen LogP contribution in [0.15, 0.2) is 36.4 Å². The fraction of sp³-hybridized carbons (Fsp3) is 0.235. The molecule has 0 atom stereocenters. The summed E-state index contributed by atoms with van der Waals surface area (Å²) in [6.07, 6.45) is 0. The van der Waals surface area contributed by atoms with E-state index in [2.05, 4.69) is 33.9 Å². The second-order valence-electron chi connectivity index (χ2n) is 5.48. The topological polar surface area (TPSA) is 57.9 Å². The van der Waals surface area contributed by atoms with E-state index in [-0.39, 0.29) is 0 Å². The van der Waals surface area contributed by atoms with Crippen molar-refractivity contribution in [2.45, 2.75) is 6.92 Å². The Balaban J connectivity index is 2.06. The zero-order valence-corrected chi connectivity index (χ0v) is 13.5. The SMILES string of the molecule is Cc1ccc2nc(-c3cc(N(C)CCN)ccc3Cl)[nH]c2c1. The summed E-state index contributed by atoms with van der Waals surface area (Å²) in [6.45, 7) is 3.47. The number of fused-ring (bicyclic) bond motifs is 1. The zero-order valence-electron chi connectivity index (χ0n) is 12.7. The van der Waals surface area contributed by atoms with Gasteiger partial charge in [0.25, 0.3) is 0 Å². The van der Waals surface area contributed by atoms with Crippen LogP contribution in [0.1, 0.15) is 5.56 Å². The molecule has 1 heterocycles. The Labute approximate surface area is 134 Å². The third-order valence-electron chi connectivity index (χ3n) is 3.75. The molecule has 0 bridgehead atoms. The molecule has 0 saturated carbocycles. The third-order valence-corrected chi connectivity index (χ3v) is 4.08. The fourth-order valence-electron chi connectivity index (χ4n) is 2.51. The van der Waals surface area contributed by atoms with Gasteiger partial charge in [-0.25, -0.2) is 4.98 Å². The molecule has 2 aromatic carbocycles. The molecule has 0 unspecified atom stereocenters. The maximum atomic E-state index is 6.37. The van der Waals surface area contributed by atoms with Gasteiger partial charge in [0.2, 0.25) is 0 Å². The lowest BCUT2D eigenvalue weighted by Crippen LogP contribution is -2.24.